The Bertz CT molecular complexity index is 1120. The SMILES string of the molecule is COC(=O)c1ccc(CCc2cc(F)cc3c2N(Cc2cc(OC)cc(OC)c2)CC3)cc1. The fraction of sp³-hybridized carbons (Fsp3) is 0.296. The first-order chi connectivity index (χ1) is 16.0. The highest BCUT2D eigenvalue weighted by Gasteiger charge is 2.24. The van der Waals surface area contributed by atoms with Crippen molar-refractivity contribution >= 4 is 11.7 Å². The molecule has 6 heteroatoms. The summed E-state index contributed by atoms with van der Waals surface area (Å²) in [5.41, 5.74) is 5.84. The molecule has 0 saturated carbocycles. The standard InChI is InChI=1S/C27H28FNO4/c1-31-24-12-19(13-25(16-24)32-2)17-29-11-10-22-15-23(28)14-21(26(22)29)9-6-18-4-7-20(8-5-18)27(30)33-3/h4-5,7-8,12-16H,6,9-11,17H2,1-3H3. The van der Waals surface area contributed by atoms with Crippen LogP contribution in [-0.2, 0) is 30.5 Å². The number of hydrogen-bond acceptors (Lipinski definition) is 5. The van der Waals surface area contributed by atoms with Gasteiger partial charge in [0.05, 0.1) is 26.9 Å². The molecule has 1 heterocycles. The zero-order valence-electron chi connectivity index (χ0n) is 19.2. The number of methoxy groups -OCH3 is 3. The number of ether oxygens (including phenoxy) is 3. The largest absolute Gasteiger partial charge is 0.497 e. The summed E-state index contributed by atoms with van der Waals surface area (Å²) < 4.78 is 30.0. The van der Waals surface area contributed by atoms with Gasteiger partial charge in [-0.05, 0) is 77.9 Å². The molecule has 0 atom stereocenters. The van der Waals surface area contributed by atoms with Crippen molar-refractivity contribution in [1.82, 2.24) is 0 Å². The highest BCUT2D eigenvalue weighted by Crippen LogP contribution is 2.35. The summed E-state index contributed by atoms with van der Waals surface area (Å²) >= 11 is 0. The summed E-state index contributed by atoms with van der Waals surface area (Å²) in [7, 11) is 4.65. The van der Waals surface area contributed by atoms with Gasteiger partial charge in [0, 0.05) is 24.8 Å². The topological polar surface area (TPSA) is 48.0 Å². The molecule has 0 amide bonds. The lowest BCUT2D eigenvalue weighted by Gasteiger charge is -2.23. The van der Waals surface area contributed by atoms with Crippen molar-refractivity contribution in [3.05, 3.63) is 88.2 Å². The van der Waals surface area contributed by atoms with Crippen molar-refractivity contribution in [3.63, 3.8) is 0 Å². The molecule has 3 aromatic carbocycles. The second-order valence-electron chi connectivity index (χ2n) is 8.15. The van der Waals surface area contributed by atoms with Crippen molar-refractivity contribution in [1.29, 1.82) is 0 Å². The fourth-order valence-electron chi connectivity index (χ4n) is 4.41. The first-order valence-electron chi connectivity index (χ1n) is 11.0. The predicted octanol–water partition coefficient (Wildman–Crippen LogP) is 4.98. The number of rotatable bonds is 8. The quantitative estimate of drug-likeness (QED) is 0.454. The van der Waals surface area contributed by atoms with E-state index in [9.17, 15) is 9.18 Å². The average molecular weight is 450 g/mol. The molecule has 0 spiro atoms. The lowest BCUT2D eigenvalue weighted by atomic mass is 9.99. The second kappa shape index (κ2) is 9.94. The van der Waals surface area contributed by atoms with Gasteiger partial charge in [-0.2, -0.15) is 0 Å². The molecule has 0 fully saturated rings. The van der Waals surface area contributed by atoms with E-state index in [2.05, 4.69) is 4.90 Å². The van der Waals surface area contributed by atoms with Gasteiger partial charge in [0.2, 0.25) is 0 Å². The second-order valence-corrected chi connectivity index (χ2v) is 8.15. The lowest BCUT2D eigenvalue weighted by molar-refractivity contribution is 0.0600. The van der Waals surface area contributed by atoms with Crippen LogP contribution in [0.2, 0.25) is 0 Å². The smallest absolute Gasteiger partial charge is 0.337 e. The van der Waals surface area contributed by atoms with Crippen LogP contribution in [-0.4, -0.2) is 33.8 Å². The number of aryl methyl sites for hydroxylation is 2. The van der Waals surface area contributed by atoms with Crippen LogP contribution in [0, 0.1) is 5.82 Å². The van der Waals surface area contributed by atoms with Crippen LogP contribution in [0.25, 0.3) is 0 Å². The van der Waals surface area contributed by atoms with Crippen molar-refractivity contribution in [2.45, 2.75) is 25.8 Å². The summed E-state index contributed by atoms with van der Waals surface area (Å²) in [4.78, 5) is 14.0. The molecule has 5 nitrogen and oxygen atoms in total. The molecular weight excluding hydrogens is 421 g/mol. The normalized spacial score (nSPS) is 12.4. The molecule has 1 aliphatic heterocycles. The third-order valence-electron chi connectivity index (χ3n) is 6.04. The zero-order chi connectivity index (χ0) is 23.4. The Morgan fingerprint density at radius 3 is 2.24 bits per heavy atom. The van der Waals surface area contributed by atoms with Gasteiger partial charge in [0.15, 0.2) is 0 Å². The van der Waals surface area contributed by atoms with Gasteiger partial charge in [-0.1, -0.05) is 12.1 Å². The van der Waals surface area contributed by atoms with Crippen molar-refractivity contribution in [3.8, 4) is 11.5 Å². The van der Waals surface area contributed by atoms with E-state index in [1.807, 2.05) is 30.3 Å². The fourth-order valence-corrected chi connectivity index (χ4v) is 4.41. The Balaban J connectivity index is 1.55. The molecular formula is C27H28FNO4. The number of benzene rings is 3. The molecule has 0 N–H and O–H groups in total. The number of carbonyl (C=O) groups is 1. The number of anilines is 1. The Morgan fingerprint density at radius 1 is 0.909 bits per heavy atom. The highest BCUT2D eigenvalue weighted by molar-refractivity contribution is 5.89. The molecule has 0 aliphatic carbocycles. The molecule has 172 valence electrons. The maximum atomic E-state index is 14.4. The molecule has 0 radical (unpaired) electrons. The molecule has 33 heavy (non-hydrogen) atoms. The van der Waals surface area contributed by atoms with E-state index in [-0.39, 0.29) is 11.8 Å². The minimum absolute atomic E-state index is 0.199. The van der Waals surface area contributed by atoms with E-state index >= 15 is 0 Å². The van der Waals surface area contributed by atoms with Gasteiger partial charge in [0.1, 0.15) is 17.3 Å². The number of esters is 1. The monoisotopic (exact) mass is 449 g/mol. The third-order valence-corrected chi connectivity index (χ3v) is 6.04. The van der Waals surface area contributed by atoms with Crippen LogP contribution in [0.15, 0.2) is 54.6 Å². The van der Waals surface area contributed by atoms with Crippen LogP contribution >= 0.6 is 0 Å². The summed E-state index contributed by atoms with van der Waals surface area (Å²) in [5, 5.41) is 0. The minimum Gasteiger partial charge on any atom is -0.497 e. The molecule has 0 bridgehead atoms. The Labute approximate surface area is 193 Å². The number of carbonyl (C=O) groups excluding carboxylic acids is 1. The molecule has 0 aromatic heterocycles. The molecule has 4 rings (SSSR count). The van der Waals surface area contributed by atoms with E-state index in [1.165, 1.54) is 7.11 Å². The van der Waals surface area contributed by atoms with Crippen LogP contribution in [0.3, 0.4) is 0 Å². The molecule has 0 saturated heterocycles. The van der Waals surface area contributed by atoms with Gasteiger partial charge < -0.3 is 19.1 Å². The number of hydrogen-bond donors (Lipinski definition) is 0. The number of nitrogens with zero attached hydrogens (tertiary/aromatic N) is 1. The first-order valence-corrected chi connectivity index (χ1v) is 11.0. The van der Waals surface area contributed by atoms with Gasteiger partial charge in [0.25, 0.3) is 0 Å². The number of fused-ring (bicyclic) bond motifs is 1. The Morgan fingerprint density at radius 2 is 1.61 bits per heavy atom. The zero-order valence-corrected chi connectivity index (χ0v) is 19.2. The van der Waals surface area contributed by atoms with Gasteiger partial charge in [-0.25, -0.2) is 9.18 Å². The van der Waals surface area contributed by atoms with E-state index in [1.54, 1.807) is 38.5 Å². The van der Waals surface area contributed by atoms with Gasteiger partial charge in [-0.3, -0.25) is 0 Å². The van der Waals surface area contributed by atoms with E-state index in [0.717, 1.165) is 58.8 Å². The van der Waals surface area contributed by atoms with E-state index < -0.39 is 0 Å². The van der Waals surface area contributed by atoms with Gasteiger partial charge >= 0.3 is 5.97 Å². The highest BCUT2D eigenvalue weighted by atomic mass is 19.1. The summed E-state index contributed by atoms with van der Waals surface area (Å²) in [6.07, 6.45) is 2.27. The Hall–Kier alpha value is -3.54. The van der Waals surface area contributed by atoms with Crippen molar-refractivity contribution < 1.29 is 23.4 Å². The summed E-state index contributed by atoms with van der Waals surface area (Å²) in [6, 6.07) is 16.5. The maximum absolute atomic E-state index is 14.4. The van der Waals surface area contributed by atoms with Crippen LogP contribution in [0.5, 0.6) is 11.5 Å². The van der Waals surface area contributed by atoms with E-state index in [0.29, 0.717) is 18.5 Å². The van der Waals surface area contributed by atoms with Crippen LogP contribution in [0.1, 0.15) is 32.6 Å². The van der Waals surface area contributed by atoms with Gasteiger partial charge in [-0.15, -0.1) is 0 Å². The first kappa shape index (κ1) is 22.6. The average Bonchev–Trinajstić information content (AvgIpc) is 3.24. The minimum atomic E-state index is -0.352. The Kier molecular flexibility index (Phi) is 6.82. The molecule has 0 unspecified atom stereocenters. The predicted molar refractivity (Wildman–Crippen MR) is 126 cm³/mol. The third kappa shape index (κ3) is 5.11. The van der Waals surface area contributed by atoms with E-state index in [4.69, 9.17) is 14.2 Å². The molecule has 1 aliphatic rings. The van der Waals surface area contributed by atoms with Crippen LogP contribution < -0.4 is 14.4 Å². The summed E-state index contributed by atoms with van der Waals surface area (Å²) in [5.74, 6) is 0.945. The lowest BCUT2D eigenvalue weighted by Crippen LogP contribution is -2.21. The number of halogens is 1. The van der Waals surface area contributed by atoms with Crippen LogP contribution in [0.4, 0.5) is 10.1 Å². The molecule has 3 aromatic rings. The summed E-state index contributed by atoms with van der Waals surface area (Å²) in [6.45, 7) is 1.52. The maximum Gasteiger partial charge on any atom is 0.337 e. The van der Waals surface area contributed by atoms with Crippen molar-refractivity contribution in [2.75, 3.05) is 32.8 Å². The van der Waals surface area contributed by atoms with Crippen molar-refractivity contribution in [2.24, 2.45) is 0 Å².